The van der Waals surface area contributed by atoms with E-state index in [4.69, 9.17) is 0 Å². The van der Waals surface area contributed by atoms with Crippen molar-refractivity contribution in [1.29, 1.82) is 0 Å². The minimum Gasteiger partial charge on any atom is -0.366 e. The predicted octanol–water partition coefficient (Wildman–Crippen LogP) is 4.60. The highest BCUT2D eigenvalue weighted by Gasteiger charge is 2.30. The van der Waals surface area contributed by atoms with Gasteiger partial charge in [-0.2, -0.15) is 0 Å². The van der Waals surface area contributed by atoms with Crippen molar-refractivity contribution >= 4 is 23.2 Å². The lowest BCUT2D eigenvalue weighted by atomic mass is 10.1. The van der Waals surface area contributed by atoms with Gasteiger partial charge in [0.25, 0.3) is 11.8 Å². The second-order valence-corrected chi connectivity index (χ2v) is 7.56. The number of para-hydroxylation sites is 2. The van der Waals surface area contributed by atoms with Gasteiger partial charge >= 0.3 is 0 Å². The quantitative estimate of drug-likeness (QED) is 0.341. The Balaban J connectivity index is 1.52. The molecule has 0 spiro atoms. The minimum atomic E-state index is -2.34. The first-order chi connectivity index (χ1) is 16.3. The summed E-state index contributed by atoms with van der Waals surface area (Å²) in [6.45, 7) is 1.56. The number of carbonyl (C=O) groups is 2. The lowest BCUT2D eigenvalue weighted by molar-refractivity contribution is 0.0746. The number of hydrogen-bond acceptors (Lipinski definition) is 3. The van der Waals surface area contributed by atoms with Gasteiger partial charge in [-0.15, -0.1) is 0 Å². The van der Waals surface area contributed by atoms with Gasteiger partial charge in [-0.05, 0) is 24.3 Å². The van der Waals surface area contributed by atoms with Crippen molar-refractivity contribution in [2.24, 2.45) is 0 Å². The number of nitrogens with one attached hydrogen (secondary N) is 1. The molecule has 0 saturated carbocycles. The number of anilines is 2. The average Bonchev–Trinajstić information content (AvgIpc) is 2.87. The summed E-state index contributed by atoms with van der Waals surface area (Å²) < 4.78 is 68.4. The molecule has 10 heteroatoms. The van der Waals surface area contributed by atoms with Crippen molar-refractivity contribution < 1.29 is 31.5 Å². The normalized spacial score (nSPS) is 13.7. The summed E-state index contributed by atoms with van der Waals surface area (Å²) in [5.74, 6) is -12.7. The Hall–Kier alpha value is -3.95. The molecule has 0 radical (unpaired) electrons. The molecular formula is C24H18F5N3O2. The van der Waals surface area contributed by atoms with Gasteiger partial charge in [-0.25, -0.2) is 22.0 Å². The van der Waals surface area contributed by atoms with Crippen LogP contribution in [0.5, 0.6) is 0 Å². The lowest BCUT2D eigenvalue weighted by Crippen LogP contribution is -2.49. The summed E-state index contributed by atoms with van der Waals surface area (Å²) in [6.07, 6.45) is 0. The fraction of sp³-hybridized carbons (Fsp3) is 0.167. The Bertz CT molecular complexity index is 1220. The number of halogens is 5. The number of piperazine rings is 1. The van der Waals surface area contributed by atoms with Crippen LogP contribution in [0.2, 0.25) is 0 Å². The van der Waals surface area contributed by atoms with Crippen molar-refractivity contribution in [2.75, 3.05) is 36.4 Å². The average molecular weight is 475 g/mol. The molecule has 1 saturated heterocycles. The zero-order valence-corrected chi connectivity index (χ0v) is 17.6. The summed E-state index contributed by atoms with van der Waals surface area (Å²) >= 11 is 0. The molecule has 2 amide bonds. The van der Waals surface area contributed by atoms with Gasteiger partial charge in [0.15, 0.2) is 23.3 Å². The molecular weight excluding hydrogens is 457 g/mol. The molecule has 1 N–H and O–H groups in total. The van der Waals surface area contributed by atoms with Crippen LogP contribution in [-0.4, -0.2) is 42.9 Å². The van der Waals surface area contributed by atoms with E-state index in [1.165, 1.54) is 6.07 Å². The molecule has 0 aromatic heterocycles. The third-order valence-corrected chi connectivity index (χ3v) is 5.52. The fourth-order valence-electron chi connectivity index (χ4n) is 3.76. The first kappa shape index (κ1) is 23.2. The van der Waals surface area contributed by atoms with E-state index in [1.807, 2.05) is 11.0 Å². The van der Waals surface area contributed by atoms with Gasteiger partial charge in [0.2, 0.25) is 5.82 Å². The van der Waals surface area contributed by atoms with E-state index in [2.05, 4.69) is 5.32 Å². The Morgan fingerprint density at radius 1 is 0.676 bits per heavy atom. The van der Waals surface area contributed by atoms with Gasteiger partial charge in [0.05, 0.1) is 11.4 Å². The molecule has 0 atom stereocenters. The molecule has 3 aromatic carbocycles. The minimum absolute atomic E-state index is 0.117. The highest BCUT2D eigenvalue weighted by Crippen LogP contribution is 2.29. The molecule has 0 aliphatic carbocycles. The largest absolute Gasteiger partial charge is 0.366 e. The maximum atomic E-state index is 14.0. The molecule has 1 aliphatic rings. The van der Waals surface area contributed by atoms with E-state index in [1.54, 1.807) is 47.4 Å². The van der Waals surface area contributed by atoms with Gasteiger partial charge in [-0.1, -0.05) is 30.3 Å². The highest BCUT2D eigenvalue weighted by molar-refractivity contribution is 6.06. The van der Waals surface area contributed by atoms with E-state index in [0.29, 0.717) is 37.4 Å². The predicted molar refractivity (Wildman–Crippen MR) is 115 cm³/mol. The van der Waals surface area contributed by atoms with Crippen LogP contribution in [0, 0.1) is 29.1 Å². The van der Waals surface area contributed by atoms with Crippen LogP contribution in [0.3, 0.4) is 0 Å². The Morgan fingerprint density at radius 3 is 1.82 bits per heavy atom. The summed E-state index contributed by atoms with van der Waals surface area (Å²) in [5, 5.41) is 2.24. The van der Waals surface area contributed by atoms with Gasteiger partial charge in [0, 0.05) is 31.7 Å². The van der Waals surface area contributed by atoms with Gasteiger partial charge in [-0.3, -0.25) is 9.59 Å². The smallest absolute Gasteiger partial charge is 0.261 e. The second kappa shape index (κ2) is 9.50. The number of rotatable bonds is 4. The molecule has 1 fully saturated rings. The first-order valence-corrected chi connectivity index (χ1v) is 10.3. The lowest BCUT2D eigenvalue weighted by Gasteiger charge is -2.37. The monoisotopic (exact) mass is 475 g/mol. The number of hydrogen-bond donors (Lipinski definition) is 1. The number of amides is 2. The molecule has 5 nitrogen and oxygen atoms in total. The van der Waals surface area contributed by atoms with E-state index >= 15 is 0 Å². The SMILES string of the molecule is O=C(Nc1ccccc1N1CCN(C(=O)c2ccccc2)CC1)c1c(F)c(F)c(F)c(F)c1F. The summed E-state index contributed by atoms with van der Waals surface area (Å²) in [5.41, 5.74) is -0.401. The second-order valence-electron chi connectivity index (χ2n) is 7.56. The standard InChI is InChI=1S/C24H18F5N3O2/c25-18-17(19(26)21(28)22(29)20(18)27)23(33)30-15-8-4-5-9-16(15)31-10-12-32(13-11-31)24(34)14-6-2-1-3-7-14/h1-9H,10-13H2,(H,30,33). The number of carbonyl (C=O) groups excluding carboxylic acids is 2. The van der Waals surface area contributed by atoms with Crippen molar-refractivity contribution in [3.8, 4) is 0 Å². The summed E-state index contributed by atoms with van der Waals surface area (Å²) in [6, 6.07) is 15.1. The molecule has 1 heterocycles. The number of benzene rings is 3. The van der Waals surface area contributed by atoms with E-state index < -0.39 is 40.6 Å². The Labute approximate surface area is 191 Å². The van der Waals surface area contributed by atoms with Gasteiger partial charge < -0.3 is 15.1 Å². The molecule has 3 aromatic rings. The molecule has 1 aliphatic heterocycles. The molecule has 0 bridgehead atoms. The van der Waals surface area contributed by atoms with Crippen LogP contribution in [0.1, 0.15) is 20.7 Å². The van der Waals surface area contributed by atoms with Crippen molar-refractivity contribution in [3.63, 3.8) is 0 Å². The molecule has 176 valence electrons. The topological polar surface area (TPSA) is 52.7 Å². The first-order valence-electron chi connectivity index (χ1n) is 10.3. The number of nitrogens with zero attached hydrogens (tertiary/aromatic N) is 2. The molecule has 4 rings (SSSR count). The maximum absolute atomic E-state index is 14.0. The van der Waals surface area contributed by atoms with Gasteiger partial charge in [0.1, 0.15) is 5.56 Å². The van der Waals surface area contributed by atoms with Crippen LogP contribution in [0.4, 0.5) is 33.3 Å². The fourth-order valence-corrected chi connectivity index (χ4v) is 3.76. The van der Waals surface area contributed by atoms with Crippen LogP contribution in [0.15, 0.2) is 54.6 Å². The zero-order chi connectivity index (χ0) is 24.4. The Morgan fingerprint density at radius 2 is 1.21 bits per heavy atom. The van der Waals surface area contributed by atoms with Crippen LogP contribution in [-0.2, 0) is 0 Å². The molecule has 34 heavy (non-hydrogen) atoms. The van der Waals surface area contributed by atoms with E-state index in [0.717, 1.165) is 0 Å². The summed E-state index contributed by atoms with van der Waals surface area (Å²) in [4.78, 5) is 28.7. The van der Waals surface area contributed by atoms with Crippen molar-refractivity contribution in [2.45, 2.75) is 0 Å². The molecule has 0 unspecified atom stereocenters. The van der Waals surface area contributed by atoms with E-state index in [-0.39, 0.29) is 11.6 Å². The third-order valence-electron chi connectivity index (χ3n) is 5.52. The highest BCUT2D eigenvalue weighted by atomic mass is 19.2. The third kappa shape index (κ3) is 4.30. The zero-order valence-electron chi connectivity index (χ0n) is 17.6. The van der Waals surface area contributed by atoms with E-state index in [9.17, 15) is 31.5 Å². The van der Waals surface area contributed by atoms with Crippen molar-refractivity contribution in [3.05, 3.63) is 94.8 Å². The van der Waals surface area contributed by atoms with Crippen LogP contribution < -0.4 is 10.2 Å². The van der Waals surface area contributed by atoms with Crippen molar-refractivity contribution in [1.82, 2.24) is 4.90 Å². The maximum Gasteiger partial charge on any atom is 0.261 e. The van der Waals surface area contributed by atoms with Crippen LogP contribution in [0.25, 0.3) is 0 Å². The summed E-state index contributed by atoms with van der Waals surface area (Å²) in [7, 11) is 0. The van der Waals surface area contributed by atoms with Crippen LogP contribution >= 0.6 is 0 Å². The Kier molecular flexibility index (Phi) is 6.49.